The molecule has 0 aliphatic carbocycles. The monoisotopic (exact) mass is 1560 g/mol. The van der Waals surface area contributed by atoms with Gasteiger partial charge in [0.2, 0.25) is 0 Å². The first-order valence-electron chi connectivity index (χ1n) is 45.6. The normalized spacial score (nSPS) is 13.7. The molecule has 17 nitrogen and oxygen atoms in total. The van der Waals surface area contributed by atoms with Crippen molar-refractivity contribution in [3.05, 3.63) is 0 Å². The van der Waals surface area contributed by atoms with E-state index in [0.717, 1.165) is 96.3 Å². The fourth-order valence-corrected chi connectivity index (χ4v) is 15.4. The number of esters is 4. The van der Waals surface area contributed by atoms with Gasteiger partial charge in [-0.1, -0.05) is 426 Å². The minimum Gasteiger partial charge on any atom is -0.462 e. The standard InChI is InChI=1S/C88H172O17P2/c1-6-9-12-15-18-21-24-27-30-33-35-37-39-41-44-46-49-52-55-61-66-71-85(90)98-77-83(104-87(92)73-69-64-57-54-51-48-45-42-40-38-36-34-31-28-25-22-19-16-13-10-7-2)79-102-106(94,95)100-75-82(89)76-101-107(96,97)103-80-84(78-99-86(91)72-67-62-59-58-60-65-70-81(4)5)105-88(93)74-68-63-56-53-50-47-43-32-29-26-23-20-17-14-11-8-3/h81-84,89H,6-80H2,1-5H3,(H,94,95)(H,96,97)/t82-,83-,84-/m1/s1. The molecule has 0 rings (SSSR count). The van der Waals surface area contributed by atoms with Crippen LogP contribution in [0.2, 0.25) is 0 Å². The largest absolute Gasteiger partial charge is 0.472 e. The lowest BCUT2D eigenvalue weighted by molar-refractivity contribution is -0.161. The van der Waals surface area contributed by atoms with Gasteiger partial charge in [-0.15, -0.1) is 0 Å². The second-order valence-corrected chi connectivity index (χ2v) is 35.0. The van der Waals surface area contributed by atoms with Crippen molar-refractivity contribution in [2.75, 3.05) is 39.6 Å². The molecule has 0 heterocycles. The summed E-state index contributed by atoms with van der Waals surface area (Å²) in [6, 6.07) is 0. The molecule has 0 radical (unpaired) electrons. The lowest BCUT2D eigenvalue weighted by atomic mass is 10.0. The molecule has 0 aromatic rings. The molecule has 19 heteroatoms. The number of hydrogen-bond donors (Lipinski definition) is 3. The van der Waals surface area contributed by atoms with Gasteiger partial charge in [0, 0.05) is 25.7 Å². The van der Waals surface area contributed by atoms with E-state index in [-0.39, 0.29) is 25.7 Å². The van der Waals surface area contributed by atoms with Gasteiger partial charge in [-0.05, 0) is 31.6 Å². The molecular formula is C88H172O17P2. The molecule has 107 heavy (non-hydrogen) atoms. The highest BCUT2D eigenvalue weighted by Crippen LogP contribution is 2.45. The predicted molar refractivity (Wildman–Crippen MR) is 442 cm³/mol. The first kappa shape index (κ1) is 105. The van der Waals surface area contributed by atoms with Crippen LogP contribution in [0.15, 0.2) is 0 Å². The second kappa shape index (κ2) is 80.7. The second-order valence-electron chi connectivity index (χ2n) is 32.1. The Morgan fingerprint density at radius 2 is 0.430 bits per heavy atom. The van der Waals surface area contributed by atoms with Crippen molar-refractivity contribution in [2.45, 2.75) is 496 Å². The topological polar surface area (TPSA) is 237 Å². The van der Waals surface area contributed by atoms with Crippen LogP contribution in [0.25, 0.3) is 0 Å². The summed E-state index contributed by atoms with van der Waals surface area (Å²) in [4.78, 5) is 73.2. The van der Waals surface area contributed by atoms with Crippen molar-refractivity contribution >= 4 is 39.5 Å². The van der Waals surface area contributed by atoms with E-state index in [4.69, 9.17) is 37.0 Å². The van der Waals surface area contributed by atoms with Crippen molar-refractivity contribution in [1.82, 2.24) is 0 Å². The molecule has 5 atom stereocenters. The highest BCUT2D eigenvalue weighted by Gasteiger charge is 2.30. The Labute approximate surface area is 658 Å². The average molecular weight is 1560 g/mol. The van der Waals surface area contributed by atoms with Crippen LogP contribution in [0, 0.1) is 5.92 Å². The number of aliphatic hydroxyl groups is 1. The van der Waals surface area contributed by atoms with E-state index in [0.29, 0.717) is 31.6 Å². The van der Waals surface area contributed by atoms with E-state index in [1.165, 1.54) is 295 Å². The van der Waals surface area contributed by atoms with E-state index in [1.54, 1.807) is 0 Å². The fraction of sp³-hybridized carbons (Fsp3) is 0.955. The molecule has 0 aromatic heterocycles. The number of phosphoric acid groups is 2. The van der Waals surface area contributed by atoms with Gasteiger partial charge in [-0.25, -0.2) is 9.13 Å². The molecule has 2 unspecified atom stereocenters. The number of rotatable bonds is 88. The summed E-state index contributed by atoms with van der Waals surface area (Å²) < 4.78 is 68.9. The van der Waals surface area contributed by atoms with E-state index < -0.39 is 97.5 Å². The number of ether oxygens (including phenoxy) is 4. The van der Waals surface area contributed by atoms with Crippen LogP contribution in [0.5, 0.6) is 0 Å². The fourth-order valence-electron chi connectivity index (χ4n) is 13.8. The lowest BCUT2D eigenvalue weighted by Crippen LogP contribution is -2.30. The van der Waals surface area contributed by atoms with Gasteiger partial charge >= 0.3 is 39.5 Å². The van der Waals surface area contributed by atoms with Gasteiger partial charge in [0.15, 0.2) is 12.2 Å². The zero-order chi connectivity index (χ0) is 78.3. The molecule has 3 N–H and O–H groups in total. The summed E-state index contributed by atoms with van der Waals surface area (Å²) in [5, 5.41) is 10.7. The van der Waals surface area contributed by atoms with Gasteiger partial charge in [-0.3, -0.25) is 37.3 Å². The van der Waals surface area contributed by atoms with Crippen molar-refractivity contribution in [3.63, 3.8) is 0 Å². The molecule has 0 fully saturated rings. The Kier molecular flexibility index (Phi) is 79.2. The van der Waals surface area contributed by atoms with Crippen molar-refractivity contribution < 1.29 is 80.2 Å². The number of carbonyl (C=O) groups is 4. The van der Waals surface area contributed by atoms with E-state index in [9.17, 15) is 43.2 Å². The summed E-state index contributed by atoms with van der Waals surface area (Å²) in [6.45, 7) is 7.29. The van der Waals surface area contributed by atoms with Crippen LogP contribution in [0.3, 0.4) is 0 Å². The number of phosphoric ester groups is 2. The molecular weight excluding hydrogens is 1390 g/mol. The molecule has 0 saturated carbocycles. The average Bonchev–Trinajstić information content (AvgIpc) is 0.909. The van der Waals surface area contributed by atoms with Gasteiger partial charge in [-0.2, -0.15) is 0 Å². The molecule has 0 saturated heterocycles. The summed E-state index contributed by atoms with van der Waals surface area (Å²) in [5.74, 6) is -1.42. The summed E-state index contributed by atoms with van der Waals surface area (Å²) >= 11 is 0. The van der Waals surface area contributed by atoms with Crippen LogP contribution in [0.1, 0.15) is 478 Å². The summed E-state index contributed by atoms with van der Waals surface area (Å²) in [7, 11) is -9.93. The minimum absolute atomic E-state index is 0.108. The molecule has 0 aliphatic rings. The van der Waals surface area contributed by atoms with Crippen molar-refractivity contribution in [1.29, 1.82) is 0 Å². The van der Waals surface area contributed by atoms with Gasteiger partial charge in [0.05, 0.1) is 26.4 Å². The molecule has 0 spiro atoms. The zero-order valence-electron chi connectivity index (χ0n) is 70.3. The Hall–Kier alpha value is -1.94. The maximum Gasteiger partial charge on any atom is 0.472 e. The SMILES string of the molecule is CCCCCCCCCCCCCCCCCCCCCCCC(=O)OC[C@H](COP(=O)(O)OC[C@@H](O)COP(=O)(O)OC[C@@H](COC(=O)CCCCCCCCC(C)C)OC(=O)CCCCCCCCCCCCCCCCCC)OC(=O)CCCCCCCCCCCCCCCCCCCCCCC. The predicted octanol–water partition coefficient (Wildman–Crippen LogP) is 27.2. The van der Waals surface area contributed by atoms with Crippen LogP contribution < -0.4 is 0 Å². The zero-order valence-corrected chi connectivity index (χ0v) is 72.1. The molecule has 0 amide bonds. The summed E-state index contributed by atoms with van der Waals surface area (Å²) in [5.41, 5.74) is 0. The molecule has 0 aromatic carbocycles. The molecule has 0 bridgehead atoms. The van der Waals surface area contributed by atoms with Gasteiger partial charge in [0.1, 0.15) is 19.3 Å². The number of carbonyl (C=O) groups excluding carboxylic acids is 4. The smallest absolute Gasteiger partial charge is 0.462 e. The Morgan fingerprint density at radius 1 is 0.252 bits per heavy atom. The third-order valence-electron chi connectivity index (χ3n) is 20.8. The Morgan fingerprint density at radius 3 is 0.636 bits per heavy atom. The van der Waals surface area contributed by atoms with E-state index in [2.05, 4.69) is 34.6 Å². The third kappa shape index (κ3) is 81.9. The highest BCUT2D eigenvalue weighted by atomic mass is 31.2. The van der Waals surface area contributed by atoms with Crippen molar-refractivity contribution in [2.24, 2.45) is 5.92 Å². The third-order valence-corrected chi connectivity index (χ3v) is 22.7. The Bertz CT molecular complexity index is 2030. The van der Waals surface area contributed by atoms with Crippen LogP contribution in [-0.2, 0) is 65.4 Å². The summed E-state index contributed by atoms with van der Waals surface area (Å²) in [6.07, 6.45) is 75.4. The van der Waals surface area contributed by atoms with Crippen LogP contribution in [-0.4, -0.2) is 96.7 Å². The highest BCUT2D eigenvalue weighted by molar-refractivity contribution is 7.47. The first-order valence-corrected chi connectivity index (χ1v) is 48.6. The van der Waals surface area contributed by atoms with E-state index >= 15 is 0 Å². The van der Waals surface area contributed by atoms with Crippen molar-refractivity contribution in [3.8, 4) is 0 Å². The van der Waals surface area contributed by atoms with E-state index in [1.807, 2.05) is 0 Å². The minimum atomic E-state index is -4.97. The Balaban J connectivity index is 5.19. The quantitative estimate of drug-likeness (QED) is 0.0222. The number of unbranched alkanes of at least 4 members (excludes halogenated alkanes) is 60. The van der Waals surface area contributed by atoms with Gasteiger partial charge < -0.3 is 33.8 Å². The van der Waals surface area contributed by atoms with Gasteiger partial charge in [0.25, 0.3) is 0 Å². The number of aliphatic hydroxyl groups excluding tert-OH is 1. The maximum absolute atomic E-state index is 13.2. The maximum atomic E-state index is 13.2. The lowest BCUT2D eigenvalue weighted by Gasteiger charge is -2.21. The molecule has 636 valence electrons. The first-order chi connectivity index (χ1) is 52.0. The van der Waals surface area contributed by atoms with Crippen LogP contribution >= 0.6 is 15.6 Å². The molecule has 0 aliphatic heterocycles. The number of hydrogen-bond acceptors (Lipinski definition) is 15. The van der Waals surface area contributed by atoms with Crippen LogP contribution in [0.4, 0.5) is 0 Å².